The van der Waals surface area contributed by atoms with Gasteiger partial charge < -0.3 is 25.1 Å². The number of ether oxygens (including phenoxy) is 2. The molecule has 49 heavy (non-hydrogen) atoms. The van der Waals surface area contributed by atoms with Gasteiger partial charge in [0.1, 0.15) is 22.6 Å². The lowest BCUT2D eigenvalue weighted by Gasteiger charge is -2.20. The second-order valence-electron chi connectivity index (χ2n) is 13.4. The van der Waals surface area contributed by atoms with Crippen LogP contribution in [-0.2, 0) is 27.4 Å². The van der Waals surface area contributed by atoms with Gasteiger partial charge >= 0.3 is 11.9 Å². The Morgan fingerprint density at radius 1 is 0.898 bits per heavy atom. The second kappa shape index (κ2) is 17.5. The maximum Gasteiger partial charge on any atom is 0.357 e. The number of alkyl halides is 1. The van der Waals surface area contributed by atoms with Gasteiger partial charge in [-0.1, -0.05) is 33.6 Å². The number of thiophene rings is 2. The van der Waals surface area contributed by atoms with Crippen LogP contribution in [0.4, 0.5) is 11.4 Å². The van der Waals surface area contributed by atoms with Crippen LogP contribution in [0.1, 0.15) is 79.8 Å². The third kappa shape index (κ3) is 12.4. The van der Waals surface area contributed by atoms with Gasteiger partial charge in [0.25, 0.3) is 0 Å². The van der Waals surface area contributed by atoms with Gasteiger partial charge in [0.15, 0.2) is 5.69 Å². The van der Waals surface area contributed by atoms with E-state index >= 15 is 0 Å². The third-order valence-corrected chi connectivity index (χ3v) is 8.58. The molecule has 0 fully saturated rings. The Bertz CT molecular complexity index is 1880. The minimum Gasteiger partial charge on any atom is -0.459 e. The third-order valence-electron chi connectivity index (χ3n) is 6.66. The number of aromatic nitrogens is 1. The highest BCUT2D eigenvalue weighted by Crippen LogP contribution is 2.32. The van der Waals surface area contributed by atoms with Gasteiger partial charge in [0.05, 0.1) is 22.5 Å². The summed E-state index contributed by atoms with van der Waals surface area (Å²) >= 11 is 6.31. The minimum atomic E-state index is -0.566. The second-order valence-corrected chi connectivity index (χ2v) is 15.5. The number of nitriles is 1. The molecule has 0 aliphatic carbocycles. The van der Waals surface area contributed by atoms with Crippen LogP contribution in [0.25, 0.3) is 10.9 Å². The van der Waals surface area contributed by atoms with Crippen molar-refractivity contribution in [1.82, 2.24) is 4.57 Å². The van der Waals surface area contributed by atoms with Gasteiger partial charge in [0, 0.05) is 18.5 Å². The van der Waals surface area contributed by atoms with Crippen molar-refractivity contribution >= 4 is 72.8 Å². The molecule has 260 valence electrons. The lowest BCUT2D eigenvalue weighted by molar-refractivity contribution is -0.151. The predicted molar refractivity (Wildman–Crippen MR) is 207 cm³/mol. The summed E-state index contributed by atoms with van der Waals surface area (Å²) in [7, 11) is 0. The molecule has 0 aliphatic heterocycles. The van der Waals surface area contributed by atoms with E-state index in [-0.39, 0.29) is 22.9 Å². The number of anilines is 2. The van der Waals surface area contributed by atoms with Crippen molar-refractivity contribution in [3.63, 3.8) is 0 Å². The molecule has 3 heterocycles. The number of nitrogens with zero attached hydrogens (tertiary/aromatic N) is 2. The van der Waals surface area contributed by atoms with E-state index in [1.54, 1.807) is 22.7 Å². The molecule has 5 aromatic rings. The Hall–Kier alpha value is -4.11. The predicted octanol–water partition coefficient (Wildman–Crippen LogP) is 9.86. The van der Waals surface area contributed by atoms with Crippen LogP contribution in [0.5, 0.6) is 0 Å². The topological polar surface area (TPSA) is 119 Å². The molecular weight excluding hydrogens is 720 g/mol. The number of rotatable bonds is 7. The van der Waals surface area contributed by atoms with Crippen LogP contribution in [0.2, 0.25) is 0 Å². The maximum absolute atomic E-state index is 12.8. The number of hydrogen-bond acceptors (Lipinski definition) is 9. The fourth-order valence-corrected chi connectivity index (χ4v) is 6.08. The Morgan fingerprint density at radius 3 is 2.02 bits per heavy atom. The van der Waals surface area contributed by atoms with Crippen molar-refractivity contribution in [2.24, 2.45) is 0 Å². The molecule has 11 heteroatoms. The van der Waals surface area contributed by atoms with Crippen molar-refractivity contribution in [1.29, 1.82) is 5.26 Å². The highest BCUT2D eigenvalue weighted by atomic mass is 79.9. The van der Waals surface area contributed by atoms with Crippen molar-refractivity contribution in [3.8, 4) is 6.07 Å². The number of carbonyl (C=O) groups is 2. The van der Waals surface area contributed by atoms with Gasteiger partial charge in [-0.05, 0) is 130 Å². The summed E-state index contributed by atoms with van der Waals surface area (Å²) < 4.78 is 12.4. The first-order valence-corrected chi connectivity index (χ1v) is 18.7. The lowest BCUT2D eigenvalue weighted by atomic mass is 10.1. The highest BCUT2D eigenvalue weighted by Gasteiger charge is 2.26. The largest absolute Gasteiger partial charge is 0.459 e. The van der Waals surface area contributed by atoms with Crippen molar-refractivity contribution in [3.05, 3.63) is 104 Å². The van der Waals surface area contributed by atoms with Crippen LogP contribution in [0.3, 0.4) is 0 Å². The Balaban J connectivity index is 0.000000224. The minimum absolute atomic E-state index is 0.220. The molecule has 0 bridgehead atoms. The van der Waals surface area contributed by atoms with Crippen LogP contribution in [0.15, 0.2) is 70.1 Å². The van der Waals surface area contributed by atoms with Gasteiger partial charge in [-0.2, -0.15) is 27.9 Å². The Kier molecular flexibility index (Phi) is 14.1. The van der Waals surface area contributed by atoms with Crippen molar-refractivity contribution in [2.75, 3.05) is 16.4 Å². The van der Waals surface area contributed by atoms with E-state index in [0.717, 1.165) is 39.8 Å². The van der Waals surface area contributed by atoms with Crippen LogP contribution in [0, 0.1) is 25.2 Å². The highest BCUT2D eigenvalue weighted by molar-refractivity contribution is 9.09. The van der Waals surface area contributed by atoms with E-state index < -0.39 is 5.60 Å². The van der Waals surface area contributed by atoms with Gasteiger partial charge in [-0.25, -0.2) is 4.79 Å². The fourth-order valence-electron chi connectivity index (χ4n) is 4.63. The van der Waals surface area contributed by atoms with E-state index in [9.17, 15) is 9.59 Å². The molecule has 3 aromatic heterocycles. The van der Waals surface area contributed by atoms with Crippen molar-refractivity contribution < 1.29 is 19.1 Å². The smallest absolute Gasteiger partial charge is 0.357 e. The van der Waals surface area contributed by atoms with Gasteiger partial charge in [0.2, 0.25) is 0 Å². The summed E-state index contributed by atoms with van der Waals surface area (Å²) in [6, 6.07) is 18.3. The number of nitrogens with two attached hydrogens (primary N) is 1. The monoisotopic (exact) mass is 764 g/mol. The SMILES string of the molecule is CC(C)(C)OC(=O)CBr.Cc1ccc(NCc2ccsc2)c(C#N)c1.Cc1ccc2c(c1)c(N)c(C(=O)OC(C)(C)C)n2Cc1ccsc1. The average Bonchev–Trinajstić information content (AvgIpc) is 3.78. The molecule has 3 N–H and O–H groups in total. The number of aryl methyl sites for hydroxylation is 2. The van der Waals surface area contributed by atoms with E-state index in [4.69, 9.17) is 20.5 Å². The Labute approximate surface area is 306 Å². The summed E-state index contributed by atoms with van der Waals surface area (Å²) in [5.41, 5.74) is 13.5. The zero-order valence-corrected chi connectivity index (χ0v) is 32.6. The number of halogens is 1. The van der Waals surface area contributed by atoms with E-state index in [0.29, 0.717) is 23.5 Å². The van der Waals surface area contributed by atoms with Crippen molar-refractivity contribution in [2.45, 2.75) is 79.7 Å². The number of nitrogens with one attached hydrogen (secondary N) is 1. The van der Waals surface area contributed by atoms with E-state index in [2.05, 4.69) is 55.6 Å². The first-order valence-electron chi connectivity index (χ1n) is 15.7. The van der Waals surface area contributed by atoms with Gasteiger partial charge in [-0.15, -0.1) is 0 Å². The molecule has 0 spiro atoms. The number of benzene rings is 2. The molecule has 0 aliphatic rings. The average molecular weight is 766 g/mol. The number of hydrogen-bond donors (Lipinski definition) is 2. The molecule has 0 saturated heterocycles. The molecule has 0 unspecified atom stereocenters. The Morgan fingerprint density at radius 2 is 1.49 bits per heavy atom. The molecule has 0 atom stereocenters. The molecule has 5 rings (SSSR count). The molecule has 2 aromatic carbocycles. The first-order chi connectivity index (χ1) is 23.0. The summed E-state index contributed by atoms with van der Waals surface area (Å²) in [6.45, 7) is 16.5. The molecule has 0 radical (unpaired) electrons. The quantitative estimate of drug-likeness (QED) is 0.125. The summed E-state index contributed by atoms with van der Waals surface area (Å²) in [6.07, 6.45) is 0. The van der Waals surface area contributed by atoms with E-state index in [1.165, 1.54) is 5.56 Å². The fraction of sp³-hybridized carbons (Fsp3) is 0.342. The number of fused-ring (bicyclic) bond motifs is 1. The maximum atomic E-state index is 12.8. The normalized spacial score (nSPS) is 11.0. The molecule has 0 saturated carbocycles. The standard InChI is InChI=1S/C19H22N2O2S.C13H12N2S.C6H11BrO2/c1-12-5-6-15-14(9-12)16(20)17(18(22)23-19(2,3)4)21(15)10-13-7-8-24-11-13;1-10-2-3-13(12(6-10)7-14)15-8-11-4-5-16-9-11;1-6(2,3)9-5(8)4-7/h5-9,11H,10,20H2,1-4H3;2-6,9,15H,8H2,1H3;4H2,1-3H3. The van der Waals surface area contributed by atoms with Crippen LogP contribution >= 0.6 is 38.6 Å². The lowest BCUT2D eigenvalue weighted by Crippen LogP contribution is -2.26. The molecule has 0 amide bonds. The number of esters is 2. The summed E-state index contributed by atoms with van der Waals surface area (Å²) in [4.78, 5) is 23.3. The first kappa shape index (κ1) is 39.3. The zero-order valence-electron chi connectivity index (χ0n) is 29.3. The summed E-state index contributed by atoms with van der Waals surface area (Å²) in [5.74, 6) is -0.605. The zero-order chi connectivity index (χ0) is 36.4. The van der Waals surface area contributed by atoms with Crippen LogP contribution in [-0.4, -0.2) is 33.0 Å². The summed E-state index contributed by atoms with van der Waals surface area (Å²) in [5, 5.41) is 21.7. The van der Waals surface area contributed by atoms with Gasteiger partial charge in [-0.3, -0.25) is 4.79 Å². The molecular formula is C38H45BrN4O4S2. The number of carbonyl (C=O) groups excluding carboxylic acids is 2. The number of nitrogen functional groups attached to an aromatic ring is 1. The van der Waals surface area contributed by atoms with Crippen LogP contribution < -0.4 is 11.1 Å². The van der Waals surface area contributed by atoms with E-state index in [1.807, 2.05) is 102 Å². The molecule has 8 nitrogen and oxygen atoms in total.